The van der Waals surface area contributed by atoms with E-state index < -0.39 is 0 Å². The molecule has 0 bridgehead atoms. The Morgan fingerprint density at radius 1 is 1.67 bits per heavy atom. The molecule has 0 radical (unpaired) electrons. The number of nitrogens with one attached hydrogen (secondary N) is 1. The maximum Gasteiger partial charge on any atom is 0.140 e. The zero-order valence-corrected chi connectivity index (χ0v) is 9.70. The molecule has 0 aromatic carbocycles. The monoisotopic (exact) mass is 294 g/mol. The van der Waals surface area contributed by atoms with E-state index >= 15 is 0 Å². The van der Waals surface area contributed by atoms with E-state index in [0.29, 0.717) is 17.0 Å². The summed E-state index contributed by atoms with van der Waals surface area (Å²) in [6.45, 7) is 6.28. The molecule has 66 valence electrons. The Hall–Kier alpha value is -0.290. The molecule has 3 nitrogen and oxygen atoms in total. The number of H-pyrrole nitrogens is 1. The van der Waals surface area contributed by atoms with Crippen LogP contribution < -0.4 is 0 Å². The SMILES string of the molecule is C=C(OCC)c1c(Br)n[nH]c1Br. The number of aromatic nitrogens is 2. The van der Waals surface area contributed by atoms with Crippen LogP contribution in [0.3, 0.4) is 0 Å². The normalized spacial score (nSPS) is 9.92. The molecule has 0 aliphatic rings. The second kappa shape index (κ2) is 4.09. The van der Waals surface area contributed by atoms with E-state index in [1.54, 1.807) is 0 Å². The highest BCUT2D eigenvalue weighted by Gasteiger charge is 2.12. The minimum absolute atomic E-state index is 0.600. The van der Waals surface area contributed by atoms with E-state index in [-0.39, 0.29) is 0 Å². The summed E-state index contributed by atoms with van der Waals surface area (Å²) in [5.74, 6) is 0.602. The molecule has 1 aromatic heterocycles. The van der Waals surface area contributed by atoms with E-state index in [0.717, 1.165) is 10.2 Å². The molecule has 5 heteroatoms. The Kier molecular flexibility index (Phi) is 3.34. The number of nitrogens with zero attached hydrogens (tertiary/aromatic N) is 1. The Morgan fingerprint density at radius 3 is 2.75 bits per heavy atom. The molecule has 0 unspecified atom stereocenters. The highest BCUT2D eigenvalue weighted by atomic mass is 79.9. The van der Waals surface area contributed by atoms with Gasteiger partial charge in [-0.1, -0.05) is 6.58 Å². The molecule has 1 aromatic rings. The first kappa shape index (κ1) is 9.80. The van der Waals surface area contributed by atoms with Crippen molar-refractivity contribution in [2.45, 2.75) is 6.92 Å². The summed E-state index contributed by atoms with van der Waals surface area (Å²) in [7, 11) is 0. The summed E-state index contributed by atoms with van der Waals surface area (Å²) < 4.78 is 6.71. The van der Waals surface area contributed by atoms with E-state index in [2.05, 4.69) is 48.6 Å². The van der Waals surface area contributed by atoms with Crippen LogP contribution in [0.25, 0.3) is 5.76 Å². The highest BCUT2D eigenvalue weighted by Crippen LogP contribution is 2.28. The number of ether oxygens (including phenoxy) is 1. The fraction of sp³-hybridized carbons (Fsp3) is 0.286. The lowest BCUT2D eigenvalue weighted by molar-refractivity contribution is 0.299. The van der Waals surface area contributed by atoms with Crippen molar-refractivity contribution >= 4 is 37.6 Å². The highest BCUT2D eigenvalue weighted by molar-refractivity contribution is 9.11. The maximum atomic E-state index is 5.23. The van der Waals surface area contributed by atoms with E-state index in [1.165, 1.54) is 0 Å². The van der Waals surface area contributed by atoms with Gasteiger partial charge in [0.25, 0.3) is 0 Å². The number of rotatable bonds is 3. The fourth-order valence-electron chi connectivity index (χ4n) is 0.784. The van der Waals surface area contributed by atoms with Crippen molar-refractivity contribution in [1.82, 2.24) is 10.2 Å². The zero-order chi connectivity index (χ0) is 9.14. The maximum absolute atomic E-state index is 5.23. The predicted molar refractivity (Wildman–Crippen MR) is 54.6 cm³/mol. The van der Waals surface area contributed by atoms with Crippen molar-refractivity contribution < 1.29 is 4.74 Å². The molecule has 1 N–H and O–H groups in total. The first-order valence-corrected chi connectivity index (χ1v) is 4.96. The third-order valence-electron chi connectivity index (χ3n) is 1.28. The second-order valence-electron chi connectivity index (χ2n) is 2.06. The molecule has 0 fully saturated rings. The van der Waals surface area contributed by atoms with Gasteiger partial charge in [0.15, 0.2) is 0 Å². The van der Waals surface area contributed by atoms with E-state index in [1.807, 2.05) is 6.92 Å². The Balaban J connectivity index is 2.93. The summed E-state index contributed by atoms with van der Waals surface area (Å²) in [6.07, 6.45) is 0. The Labute approximate surface area is 87.4 Å². The Morgan fingerprint density at radius 2 is 2.33 bits per heavy atom. The molecule has 12 heavy (non-hydrogen) atoms. The van der Waals surface area contributed by atoms with Crippen molar-refractivity contribution in [3.8, 4) is 0 Å². The van der Waals surface area contributed by atoms with Crippen LogP contribution in [-0.2, 0) is 4.74 Å². The van der Waals surface area contributed by atoms with Crippen LogP contribution in [0.4, 0.5) is 0 Å². The molecular formula is C7H8Br2N2O. The summed E-state index contributed by atoms with van der Waals surface area (Å²) >= 11 is 6.57. The molecule has 1 heterocycles. The smallest absolute Gasteiger partial charge is 0.140 e. The van der Waals surface area contributed by atoms with Crippen LogP contribution in [-0.4, -0.2) is 16.8 Å². The molecule has 0 saturated carbocycles. The third-order valence-corrected chi connectivity index (χ3v) is 2.42. The second-order valence-corrected chi connectivity index (χ2v) is 3.60. The number of aromatic amines is 1. The molecule has 0 amide bonds. The largest absolute Gasteiger partial charge is 0.494 e. The quantitative estimate of drug-likeness (QED) is 0.871. The standard InChI is InChI=1S/C7H8Br2N2O/c1-3-12-4(2)5-6(8)10-11-7(5)9/h2-3H2,1H3,(H,10,11). The van der Waals surface area contributed by atoms with Gasteiger partial charge in [-0.25, -0.2) is 0 Å². The first-order valence-electron chi connectivity index (χ1n) is 3.38. The number of hydrogen-bond acceptors (Lipinski definition) is 2. The minimum Gasteiger partial charge on any atom is -0.494 e. The van der Waals surface area contributed by atoms with Gasteiger partial charge in [0, 0.05) is 0 Å². The molecule has 0 spiro atoms. The lowest BCUT2D eigenvalue weighted by Gasteiger charge is -2.04. The van der Waals surface area contributed by atoms with Crippen molar-refractivity contribution in [2.24, 2.45) is 0 Å². The number of halogens is 2. The predicted octanol–water partition coefficient (Wildman–Crippen LogP) is 2.94. The average molecular weight is 296 g/mol. The summed E-state index contributed by atoms with van der Waals surface area (Å²) in [4.78, 5) is 0. The van der Waals surface area contributed by atoms with Gasteiger partial charge in [-0.2, -0.15) is 5.10 Å². The Bertz CT molecular complexity index is 276. The fourth-order valence-corrected chi connectivity index (χ4v) is 2.06. The van der Waals surface area contributed by atoms with Crippen LogP contribution >= 0.6 is 31.9 Å². The van der Waals surface area contributed by atoms with Crippen LogP contribution in [0.15, 0.2) is 15.8 Å². The summed E-state index contributed by atoms with van der Waals surface area (Å²) in [5, 5.41) is 6.68. The van der Waals surface area contributed by atoms with Gasteiger partial charge in [0.05, 0.1) is 12.2 Å². The molecular weight excluding hydrogens is 288 g/mol. The van der Waals surface area contributed by atoms with Gasteiger partial charge < -0.3 is 4.74 Å². The van der Waals surface area contributed by atoms with E-state index in [9.17, 15) is 0 Å². The van der Waals surface area contributed by atoms with Crippen LogP contribution in [0, 0.1) is 0 Å². The zero-order valence-electron chi connectivity index (χ0n) is 6.53. The van der Waals surface area contributed by atoms with Crippen LogP contribution in [0.5, 0.6) is 0 Å². The number of hydrogen-bond donors (Lipinski definition) is 1. The van der Waals surface area contributed by atoms with Crippen molar-refractivity contribution in [1.29, 1.82) is 0 Å². The topological polar surface area (TPSA) is 37.9 Å². The summed E-state index contributed by atoms with van der Waals surface area (Å²) in [6, 6.07) is 0. The van der Waals surface area contributed by atoms with Crippen molar-refractivity contribution in [3.63, 3.8) is 0 Å². The molecule has 0 aliphatic carbocycles. The van der Waals surface area contributed by atoms with Crippen molar-refractivity contribution in [3.05, 3.63) is 21.3 Å². The van der Waals surface area contributed by atoms with Gasteiger partial charge in [0.2, 0.25) is 0 Å². The lowest BCUT2D eigenvalue weighted by atomic mass is 10.3. The average Bonchev–Trinajstić information content (AvgIpc) is 2.32. The van der Waals surface area contributed by atoms with Gasteiger partial charge in [-0.15, -0.1) is 0 Å². The third kappa shape index (κ3) is 1.90. The van der Waals surface area contributed by atoms with Crippen LogP contribution in [0.2, 0.25) is 0 Å². The van der Waals surface area contributed by atoms with Gasteiger partial charge >= 0.3 is 0 Å². The first-order chi connectivity index (χ1) is 5.66. The molecule has 0 aliphatic heterocycles. The van der Waals surface area contributed by atoms with Gasteiger partial charge in [-0.05, 0) is 38.8 Å². The molecule has 0 atom stereocenters. The summed E-state index contributed by atoms with van der Waals surface area (Å²) in [5.41, 5.74) is 0.830. The van der Waals surface area contributed by atoms with Crippen molar-refractivity contribution in [2.75, 3.05) is 6.61 Å². The minimum atomic E-state index is 0.600. The van der Waals surface area contributed by atoms with Gasteiger partial charge in [0.1, 0.15) is 15.0 Å². The van der Waals surface area contributed by atoms with Gasteiger partial charge in [-0.3, -0.25) is 5.10 Å². The van der Waals surface area contributed by atoms with Crippen LogP contribution in [0.1, 0.15) is 12.5 Å². The lowest BCUT2D eigenvalue weighted by Crippen LogP contribution is -1.89. The van der Waals surface area contributed by atoms with E-state index in [4.69, 9.17) is 4.74 Å². The molecule has 1 rings (SSSR count). The molecule has 0 saturated heterocycles.